The molecule has 1 rings (SSSR count). The zero-order chi connectivity index (χ0) is 15.5. The Morgan fingerprint density at radius 1 is 1.65 bits per heavy atom. The number of pyridine rings is 1. The summed E-state index contributed by atoms with van der Waals surface area (Å²) < 4.78 is 43.5. The summed E-state index contributed by atoms with van der Waals surface area (Å²) in [4.78, 5) is 14.3. The monoisotopic (exact) mass is 353 g/mol. The summed E-state index contributed by atoms with van der Waals surface area (Å²) in [5.74, 6) is -2.21. The van der Waals surface area contributed by atoms with Gasteiger partial charge in [0.1, 0.15) is 11.7 Å². The largest absolute Gasteiger partial charge is 0.476 e. The quantitative estimate of drug-likeness (QED) is 0.815. The second kappa shape index (κ2) is 6.25. The van der Waals surface area contributed by atoms with Crippen LogP contribution in [0.4, 0.5) is 13.2 Å². The van der Waals surface area contributed by atoms with E-state index in [2.05, 4.69) is 27.5 Å². The highest BCUT2D eigenvalue weighted by Crippen LogP contribution is 2.38. The van der Waals surface area contributed by atoms with E-state index in [9.17, 15) is 18.0 Å². The molecule has 1 aromatic heterocycles. The molecule has 0 unspecified atom stereocenters. The van der Waals surface area contributed by atoms with E-state index in [1.807, 2.05) is 0 Å². The van der Waals surface area contributed by atoms with Crippen molar-refractivity contribution in [2.75, 3.05) is 0 Å². The number of carboxylic acids is 1. The molecule has 4 nitrogen and oxygen atoms in total. The van der Waals surface area contributed by atoms with Gasteiger partial charge in [-0.15, -0.1) is 6.58 Å². The predicted molar refractivity (Wildman–Crippen MR) is 68.8 cm³/mol. The summed E-state index contributed by atoms with van der Waals surface area (Å²) in [5.41, 5.74) is -1.68. The number of nitrogens with zero attached hydrogens (tertiary/aromatic N) is 1. The van der Waals surface area contributed by atoms with Gasteiger partial charge in [-0.1, -0.05) is 6.08 Å². The molecule has 0 aliphatic heterocycles. The smallest absolute Gasteiger partial charge is 0.421 e. The lowest BCUT2D eigenvalue weighted by molar-refractivity contribution is -0.139. The molecule has 20 heavy (non-hydrogen) atoms. The normalized spacial score (nSPS) is 12.8. The third kappa shape index (κ3) is 3.96. The first-order chi connectivity index (χ1) is 9.16. The van der Waals surface area contributed by atoms with Crippen molar-refractivity contribution in [1.29, 1.82) is 0 Å². The third-order valence-electron chi connectivity index (χ3n) is 2.26. The summed E-state index contributed by atoms with van der Waals surface area (Å²) in [6.45, 7) is 4.98. The minimum absolute atomic E-state index is 0.263. The van der Waals surface area contributed by atoms with Crippen LogP contribution < -0.4 is 4.74 Å². The number of halogens is 4. The fraction of sp³-hybridized carbons (Fsp3) is 0.333. The fourth-order valence-electron chi connectivity index (χ4n) is 1.39. The molecule has 0 aliphatic rings. The van der Waals surface area contributed by atoms with Gasteiger partial charge < -0.3 is 9.84 Å². The average Bonchev–Trinajstić information content (AvgIpc) is 2.29. The van der Waals surface area contributed by atoms with Crippen molar-refractivity contribution in [1.82, 2.24) is 4.98 Å². The van der Waals surface area contributed by atoms with Crippen LogP contribution in [-0.4, -0.2) is 22.2 Å². The summed E-state index contributed by atoms with van der Waals surface area (Å²) in [6, 6.07) is 0.645. The average molecular weight is 354 g/mol. The van der Waals surface area contributed by atoms with Crippen LogP contribution >= 0.6 is 15.9 Å². The number of rotatable bonds is 5. The van der Waals surface area contributed by atoms with Crippen molar-refractivity contribution >= 4 is 21.9 Å². The molecule has 1 aromatic rings. The maximum atomic E-state index is 12.9. The van der Waals surface area contributed by atoms with E-state index >= 15 is 0 Å². The summed E-state index contributed by atoms with van der Waals surface area (Å²) in [5, 5.41) is 8.88. The van der Waals surface area contributed by atoms with Gasteiger partial charge in [-0.3, -0.25) is 0 Å². The molecule has 0 aromatic carbocycles. The molecule has 0 spiro atoms. The van der Waals surface area contributed by atoms with Gasteiger partial charge in [-0.05, 0) is 28.9 Å². The van der Waals surface area contributed by atoms with Crippen LogP contribution in [0.5, 0.6) is 5.88 Å². The minimum Gasteiger partial charge on any atom is -0.476 e. The second-order valence-electron chi connectivity index (χ2n) is 3.93. The SMILES string of the molecule is C=CC[C@@H](C)Oc1nc(C(=O)O)c(Br)cc1C(F)(F)F. The van der Waals surface area contributed by atoms with Crippen LogP contribution in [0.15, 0.2) is 23.2 Å². The van der Waals surface area contributed by atoms with Gasteiger partial charge in [-0.2, -0.15) is 13.2 Å². The van der Waals surface area contributed by atoms with Crippen molar-refractivity contribution in [3.63, 3.8) is 0 Å². The van der Waals surface area contributed by atoms with Crippen molar-refractivity contribution in [2.45, 2.75) is 25.6 Å². The number of alkyl halides is 3. The standard InChI is InChI=1S/C12H11BrF3NO3/c1-3-4-6(2)20-10-7(12(14,15)16)5-8(13)9(17-10)11(18)19/h3,5-6H,1,4H2,2H3,(H,18,19)/t6-/m1/s1. The molecule has 0 saturated carbocycles. The first-order valence-electron chi connectivity index (χ1n) is 5.45. The van der Waals surface area contributed by atoms with Crippen LogP contribution in [0.25, 0.3) is 0 Å². The number of aromatic nitrogens is 1. The maximum absolute atomic E-state index is 12.9. The first kappa shape index (κ1) is 16.5. The molecular formula is C12H11BrF3NO3. The van der Waals surface area contributed by atoms with Gasteiger partial charge in [0.15, 0.2) is 5.69 Å². The topological polar surface area (TPSA) is 59.4 Å². The molecule has 1 N–H and O–H groups in total. The summed E-state index contributed by atoms with van der Waals surface area (Å²) >= 11 is 2.76. The molecule has 0 saturated heterocycles. The summed E-state index contributed by atoms with van der Waals surface area (Å²) in [7, 11) is 0. The van der Waals surface area contributed by atoms with Gasteiger partial charge in [0.05, 0.1) is 4.47 Å². The van der Waals surface area contributed by atoms with E-state index in [4.69, 9.17) is 9.84 Å². The number of hydrogen-bond acceptors (Lipinski definition) is 3. The zero-order valence-corrected chi connectivity index (χ0v) is 12.0. The predicted octanol–water partition coefficient (Wildman–Crippen LogP) is 3.90. The van der Waals surface area contributed by atoms with Gasteiger partial charge >= 0.3 is 12.1 Å². The Morgan fingerprint density at radius 2 is 2.25 bits per heavy atom. The van der Waals surface area contributed by atoms with Crippen molar-refractivity contribution in [2.24, 2.45) is 0 Å². The Hall–Kier alpha value is -1.57. The fourth-order valence-corrected chi connectivity index (χ4v) is 1.88. The van der Waals surface area contributed by atoms with Crippen LogP contribution in [0.2, 0.25) is 0 Å². The molecule has 0 bridgehead atoms. The van der Waals surface area contributed by atoms with E-state index in [1.165, 1.54) is 13.0 Å². The molecule has 1 atom stereocenters. The highest BCUT2D eigenvalue weighted by atomic mass is 79.9. The highest BCUT2D eigenvalue weighted by molar-refractivity contribution is 9.10. The van der Waals surface area contributed by atoms with Crippen LogP contribution in [-0.2, 0) is 6.18 Å². The van der Waals surface area contributed by atoms with Crippen molar-refractivity contribution in [3.8, 4) is 5.88 Å². The molecule has 8 heteroatoms. The Kier molecular flexibility index (Phi) is 5.15. The van der Waals surface area contributed by atoms with Gasteiger partial charge in [0.25, 0.3) is 0 Å². The van der Waals surface area contributed by atoms with E-state index in [0.717, 1.165) is 0 Å². The third-order valence-corrected chi connectivity index (χ3v) is 2.86. The second-order valence-corrected chi connectivity index (χ2v) is 4.78. The van der Waals surface area contributed by atoms with Crippen molar-refractivity contribution in [3.05, 3.63) is 34.5 Å². The number of ether oxygens (including phenoxy) is 1. The van der Waals surface area contributed by atoms with Gasteiger partial charge in [-0.25, -0.2) is 9.78 Å². The maximum Gasteiger partial charge on any atom is 0.421 e. The first-order valence-corrected chi connectivity index (χ1v) is 6.24. The molecule has 0 amide bonds. The summed E-state index contributed by atoms with van der Waals surface area (Å²) in [6.07, 6.45) is -3.52. The molecule has 1 heterocycles. The Morgan fingerprint density at radius 3 is 2.70 bits per heavy atom. The number of carboxylic acid groups (broad SMARTS) is 1. The molecular weight excluding hydrogens is 343 g/mol. The van der Waals surface area contributed by atoms with Gasteiger partial charge in [0.2, 0.25) is 5.88 Å². The number of carbonyl (C=O) groups is 1. The number of aromatic carboxylic acids is 1. The lowest BCUT2D eigenvalue weighted by atomic mass is 10.2. The highest BCUT2D eigenvalue weighted by Gasteiger charge is 2.37. The van der Waals surface area contributed by atoms with Gasteiger partial charge in [0, 0.05) is 6.42 Å². The minimum atomic E-state index is -4.70. The van der Waals surface area contributed by atoms with E-state index < -0.39 is 35.4 Å². The lowest BCUT2D eigenvalue weighted by Crippen LogP contribution is -2.18. The van der Waals surface area contributed by atoms with E-state index in [-0.39, 0.29) is 4.47 Å². The molecule has 0 aliphatic carbocycles. The van der Waals surface area contributed by atoms with E-state index in [0.29, 0.717) is 12.5 Å². The van der Waals surface area contributed by atoms with Crippen molar-refractivity contribution < 1.29 is 27.8 Å². The van der Waals surface area contributed by atoms with Crippen LogP contribution in [0, 0.1) is 0 Å². The molecule has 0 fully saturated rings. The molecule has 0 radical (unpaired) electrons. The Bertz CT molecular complexity index is 531. The number of hydrogen-bond donors (Lipinski definition) is 1. The Labute approximate surface area is 121 Å². The van der Waals surface area contributed by atoms with E-state index in [1.54, 1.807) is 0 Å². The van der Waals surface area contributed by atoms with Crippen LogP contribution in [0.1, 0.15) is 29.4 Å². The zero-order valence-electron chi connectivity index (χ0n) is 10.4. The lowest BCUT2D eigenvalue weighted by Gasteiger charge is -2.17. The Balaban J connectivity index is 3.32. The molecule has 110 valence electrons. The van der Waals surface area contributed by atoms with Crippen LogP contribution in [0.3, 0.4) is 0 Å².